The maximum atomic E-state index is 12.0. The van der Waals surface area contributed by atoms with Crippen molar-refractivity contribution >= 4 is 27.3 Å². The van der Waals surface area contributed by atoms with Crippen LogP contribution in [-0.4, -0.2) is 41.6 Å². The Bertz CT molecular complexity index is 804. The Morgan fingerprint density at radius 1 is 1.12 bits per heavy atom. The van der Waals surface area contributed by atoms with E-state index in [2.05, 4.69) is 10.0 Å². The summed E-state index contributed by atoms with van der Waals surface area (Å²) in [4.78, 5) is 12.0. The Morgan fingerprint density at radius 2 is 1.88 bits per heavy atom. The first-order valence-corrected chi connectivity index (χ1v) is 9.83. The van der Waals surface area contributed by atoms with Gasteiger partial charge >= 0.3 is 0 Å². The number of nitrogens with one attached hydrogen (secondary N) is 2. The first-order valence-electron chi connectivity index (χ1n) is 7.47. The van der Waals surface area contributed by atoms with E-state index in [4.69, 9.17) is 9.47 Å². The lowest BCUT2D eigenvalue weighted by molar-refractivity contribution is -0.120. The molecule has 1 aromatic heterocycles. The molecule has 0 unspecified atom stereocenters. The van der Waals surface area contributed by atoms with Crippen molar-refractivity contribution < 1.29 is 22.7 Å². The topological polar surface area (TPSA) is 93.7 Å². The van der Waals surface area contributed by atoms with E-state index in [1.807, 2.05) is 0 Å². The highest BCUT2D eigenvalue weighted by Gasteiger charge is 2.14. The molecular formula is C16H20N2O5S2. The molecule has 0 aliphatic carbocycles. The molecule has 9 heteroatoms. The van der Waals surface area contributed by atoms with Crippen molar-refractivity contribution in [2.24, 2.45) is 0 Å². The normalized spacial score (nSPS) is 11.1. The Kier molecular flexibility index (Phi) is 6.80. The van der Waals surface area contributed by atoms with Crippen molar-refractivity contribution in [3.63, 3.8) is 0 Å². The minimum atomic E-state index is -3.50. The van der Waals surface area contributed by atoms with Crippen molar-refractivity contribution in [2.75, 3.05) is 27.3 Å². The van der Waals surface area contributed by atoms with Gasteiger partial charge in [0.15, 0.2) is 11.5 Å². The monoisotopic (exact) mass is 384 g/mol. The van der Waals surface area contributed by atoms with Crippen LogP contribution in [0, 0.1) is 0 Å². The zero-order chi connectivity index (χ0) is 18.3. The molecule has 7 nitrogen and oxygen atoms in total. The van der Waals surface area contributed by atoms with Gasteiger partial charge in [0.2, 0.25) is 15.9 Å². The highest BCUT2D eigenvalue weighted by molar-refractivity contribution is 7.91. The number of rotatable bonds is 9. The molecule has 25 heavy (non-hydrogen) atoms. The summed E-state index contributed by atoms with van der Waals surface area (Å²) in [5.74, 6) is 0.939. The minimum absolute atomic E-state index is 0.123. The van der Waals surface area contributed by atoms with Crippen molar-refractivity contribution in [2.45, 2.75) is 10.6 Å². The van der Waals surface area contributed by atoms with Gasteiger partial charge in [0.1, 0.15) is 4.21 Å². The van der Waals surface area contributed by atoms with Gasteiger partial charge in [-0.25, -0.2) is 13.1 Å². The number of methoxy groups -OCH3 is 2. The smallest absolute Gasteiger partial charge is 0.250 e. The van der Waals surface area contributed by atoms with Gasteiger partial charge in [0, 0.05) is 13.1 Å². The number of benzene rings is 1. The number of ether oxygens (including phenoxy) is 2. The summed E-state index contributed by atoms with van der Waals surface area (Å²) >= 11 is 1.14. The predicted molar refractivity (Wildman–Crippen MR) is 95.8 cm³/mol. The van der Waals surface area contributed by atoms with Crippen LogP contribution in [0.3, 0.4) is 0 Å². The Labute approximate surface area is 151 Å². The highest BCUT2D eigenvalue weighted by Crippen LogP contribution is 2.27. The molecular weight excluding hydrogens is 364 g/mol. The van der Waals surface area contributed by atoms with E-state index >= 15 is 0 Å². The van der Waals surface area contributed by atoms with Gasteiger partial charge < -0.3 is 14.8 Å². The molecule has 1 aromatic carbocycles. The van der Waals surface area contributed by atoms with Gasteiger partial charge in [0.25, 0.3) is 0 Å². The van der Waals surface area contributed by atoms with Crippen molar-refractivity contribution in [3.05, 3.63) is 41.3 Å². The standard InChI is InChI=1S/C16H20N2O5S2/c1-22-13-6-5-12(10-14(13)23-2)11-15(19)17-7-8-18-25(20,21)16-4-3-9-24-16/h3-6,9-10,18H,7-8,11H2,1-2H3,(H,17,19). The van der Waals surface area contributed by atoms with Crippen LogP contribution >= 0.6 is 11.3 Å². The molecule has 0 fully saturated rings. The summed E-state index contributed by atoms with van der Waals surface area (Å²) in [6, 6.07) is 8.45. The van der Waals surface area contributed by atoms with Gasteiger partial charge in [-0.2, -0.15) is 0 Å². The summed E-state index contributed by atoms with van der Waals surface area (Å²) in [6.07, 6.45) is 0.165. The van der Waals surface area contributed by atoms with Crippen LogP contribution in [0.2, 0.25) is 0 Å². The molecule has 0 bridgehead atoms. The molecule has 0 aliphatic rings. The lowest BCUT2D eigenvalue weighted by Gasteiger charge is -2.10. The quantitative estimate of drug-likeness (QED) is 0.638. The number of carbonyl (C=O) groups excluding carboxylic acids is 1. The molecule has 2 N–H and O–H groups in total. The first kappa shape index (κ1) is 19.2. The van der Waals surface area contributed by atoms with Gasteiger partial charge in [-0.1, -0.05) is 12.1 Å². The maximum Gasteiger partial charge on any atom is 0.250 e. The number of sulfonamides is 1. The third kappa shape index (κ3) is 5.45. The van der Waals surface area contributed by atoms with E-state index in [1.54, 1.807) is 36.8 Å². The van der Waals surface area contributed by atoms with Crippen LogP contribution in [0.4, 0.5) is 0 Å². The first-order chi connectivity index (χ1) is 12.0. The maximum absolute atomic E-state index is 12.0. The van der Waals surface area contributed by atoms with E-state index in [0.29, 0.717) is 11.5 Å². The average molecular weight is 384 g/mol. The summed E-state index contributed by atoms with van der Waals surface area (Å²) < 4.78 is 36.9. The molecule has 2 aromatic rings. The van der Waals surface area contributed by atoms with E-state index in [-0.39, 0.29) is 29.6 Å². The molecule has 0 saturated carbocycles. The Morgan fingerprint density at radius 3 is 2.52 bits per heavy atom. The summed E-state index contributed by atoms with van der Waals surface area (Å²) in [5.41, 5.74) is 0.773. The van der Waals surface area contributed by atoms with Gasteiger partial charge in [0.05, 0.1) is 20.6 Å². The number of amides is 1. The SMILES string of the molecule is COc1ccc(CC(=O)NCCNS(=O)(=O)c2cccs2)cc1OC. The minimum Gasteiger partial charge on any atom is -0.493 e. The van der Waals surface area contributed by atoms with Crippen molar-refractivity contribution in [3.8, 4) is 11.5 Å². The number of thiophene rings is 1. The lowest BCUT2D eigenvalue weighted by atomic mass is 10.1. The van der Waals surface area contributed by atoms with Crippen LogP contribution in [0.1, 0.15) is 5.56 Å². The van der Waals surface area contributed by atoms with E-state index in [1.165, 1.54) is 13.2 Å². The zero-order valence-electron chi connectivity index (χ0n) is 13.9. The number of carbonyl (C=O) groups is 1. The summed E-state index contributed by atoms with van der Waals surface area (Å²) in [6.45, 7) is 0.328. The second-order valence-electron chi connectivity index (χ2n) is 5.05. The molecule has 0 saturated heterocycles. The Hall–Kier alpha value is -2.10. The molecule has 136 valence electrons. The fourth-order valence-electron chi connectivity index (χ4n) is 2.11. The van der Waals surface area contributed by atoms with Crippen LogP contribution in [0.25, 0.3) is 0 Å². The zero-order valence-corrected chi connectivity index (χ0v) is 15.6. The van der Waals surface area contributed by atoms with Crippen molar-refractivity contribution in [1.82, 2.24) is 10.0 Å². The van der Waals surface area contributed by atoms with Crippen LogP contribution in [0.5, 0.6) is 11.5 Å². The van der Waals surface area contributed by atoms with E-state index in [9.17, 15) is 13.2 Å². The van der Waals surface area contributed by atoms with Gasteiger partial charge in [-0.05, 0) is 29.1 Å². The lowest BCUT2D eigenvalue weighted by Crippen LogP contribution is -2.35. The molecule has 1 heterocycles. The second kappa shape index (κ2) is 8.84. The van der Waals surface area contributed by atoms with Crippen LogP contribution in [-0.2, 0) is 21.2 Å². The molecule has 0 aliphatic heterocycles. The predicted octanol–water partition coefficient (Wildman–Crippen LogP) is 1.40. The van der Waals surface area contributed by atoms with Crippen molar-refractivity contribution in [1.29, 1.82) is 0 Å². The van der Waals surface area contributed by atoms with Crippen LogP contribution in [0.15, 0.2) is 39.9 Å². The number of hydrogen-bond acceptors (Lipinski definition) is 6. The third-order valence-electron chi connectivity index (χ3n) is 3.31. The van der Waals surface area contributed by atoms with E-state index < -0.39 is 10.0 Å². The molecule has 0 radical (unpaired) electrons. The number of hydrogen-bond donors (Lipinski definition) is 2. The van der Waals surface area contributed by atoms with Gasteiger partial charge in [-0.3, -0.25) is 4.79 Å². The Balaban J connectivity index is 1.79. The molecule has 1 amide bonds. The van der Waals surface area contributed by atoms with Crippen LogP contribution < -0.4 is 19.5 Å². The fourth-order valence-corrected chi connectivity index (χ4v) is 4.18. The average Bonchev–Trinajstić information content (AvgIpc) is 3.14. The fraction of sp³-hybridized carbons (Fsp3) is 0.312. The second-order valence-corrected chi connectivity index (χ2v) is 7.99. The third-order valence-corrected chi connectivity index (χ3v) is 6.17. The molecule has 2 rings (SSSR count). The largest absolute Gasteiger partial charge is 0.493 e. The molecule has 0 atom stereocenters. The summed E-state index contributed by atoms with van der Waals surface area (Å²) in [5, 5.41) is 4.37. The highest BCUT2D eigenvalue weighted by atomic mass is 32.2. The molecule has 0 spiro atoms. The van der Waals surface area contributed by atoms with Gasteiger partial charge in [-0.15, -0.1) is 11.3 Å². The summed E-state index contributed by atoms with van der Waals surface area (Å²) in [7, 11) is -0.431. The van der Waals surface area contributed by atoms with E-state index in [0.717, 1.165) is 16.9 Å².